The first kappa shape index (κ1) is 17.4. The van der Waals surface area contributed by atoms with Crippen LogP contribution >= 0.6 is 0 Å². The van der Waals surface area contributed by atoms with Crippen molar-refractivity contribution in [1.29, 1.82) is 0 Å². The Morgan fingerprint density at radius 1 is 0.500 bits per heavy atom. The quantitative estimate of drug-likeness (QED) is 0.304. The Labute approximate surface area is 184 Å². The third-order valence-electron chi connectivity index (χ3n) is 6.40. The normalized spacial score (nSPS) is 11.8. The number of benzene rings is 5. The molecule has 2 aromatic heterocycles. The molecule has 7 rings (SSSR count). The molecule has 2 heteroatoms. The van der Waals surface area contributed by atoms with E-state index in [4.69, 9.17) is 4.42 Å². The highest BCUT2D eigenvalue weighted by atomic mass is 16.3. The van der Waals surface area contributed by atoms with Crippen molar-refractivity contribution in [2.45, 2.75) is 0 Å². The Balaban J connectivity index is 1.67. The summed E-state index contributed by atoms with van der Waals surface area (Å²) in [6.45, 7) is 0. The zero-order valence-corrected chi connectivity index (χ0v) is 17.3. The van der Waals surface area contributed by atoms with Gasteiger partial charge in [-0.25, -0.2) is 0 Å². The second-order valence-corrected chi connectivity index (χ2v) is 8.27. The summed E-state index contributed by atoms with van der Waals surface area (Å²) in [4.78, 5) is 3.67. The first-order valence-electron chi connectivity index (χ1n) is 10.9. The molecule has 32 heavy (non-hydrogen) atoms. The number of H-pyrrole nitrogens is 1. The molecular formula is C30H19NO. The number of aromatic amines is 1. The third-order valence-corrected chi connectivity index (χ3v) is 6.40. The Morgan fingerprint density at radius 2 is 1.22 bits per heavy atom. The van der Waals surface area contributed by atoms with E-state index in [1.807, 2.05) is 12.1 Å². The van der Waals surface area contributed by atoms with E-state index >= 15 is 0 Å². The van der Waals surface area contributed by atoms with Gasteiger partial charge in [0.2, 0.25) is 0 Å². The summed E-state index contributed by atoms with van der Waals surface area (Å²) < 4.78 is 6.42. The van der Waals surface area contributed by atoms with Crippen molar-refractivity contribution in [1.82, 2.24) is 4.98 Å². The molecule has 7 aromatic rings. The fraction of sp³-hybridized carbons (Fsp3) is 0. The van der Waals surface area contributed by atoms with Crippen LogP contribution in [0.4, 0.5) is 0 Å². The molecule has 0 atom stereocenters. The summed E-state index contributed by atoms with van der Waals surface area (Å²) in [5.74, 6) is 0. The molecule has 2 heterocycles. The number of hydrogen-bond donors (Lipinski definition) is 1. The molecule has 150 valence electrons. The van der Waals surface area contributed by atoms with Crippen molar-refractivity contribution in [2.24, 2.45) is 0 Å². The van der Waals surface area contributed by atoms with Crippen LogP contribution < -0.4 is 0 Å². The lowest BCUT2D eigenvalue weighted by Gasteiger charge is -2.09. The van der Waals surface area contributed by atoms with Gasteiger partial charge in [0.15, 0.2) is 0 Å². The van der Waals surface area contributed by atoms with Crippen molar-refractivity contribution in [2.75, 3.05) is 0 Å². The number of furan rings is 1. The van der Waals surface area contributed by atoms with Crippen LogP contribution in [0, 0.1) is 0 Å². The first-order chi connectivity index (χ1) is 15.9. The second kappa shape index (κ2) is 6.60. The topological polar surface area (TPSA) is 28.9 Å². The third kappa shape index (κ3) is 2.47. The molecule has 0 unspecified atom stereocenters. The zero-order chi connectivity index (χ0) is 21.1. The Bertz CT molecular complexity index is 1760. The molecule has 0 aliphatic rings. The van der Waals surface area contributed by atoms with Crippen LogP contribution in [0.2, 0.25) is 0 Å². The van der Waals surface area contributed by atoms with Gasteiger partial charge in [0, 0.05) is 21.7 Å². The zero-order valence-electron chi connectivity index (χ0n) is 17.3. The van der Waals surface area contributed by atoms with Crippen molar-refractivity contribution in [3.05, 3.63) is 109 Å². The number of aromatic nitrogens is 1. The van der Waals surface area contributed by atoms with E-state index in [2.05, 4.69) is 102 Å². The minimum absolute atomic E-state index is 0.923. The molecular weight excluding hydrogens is 390 g/mol. The van der Waals surface area contributed by atoms with Gasteiger partial charge in [-0.05, 0) is 52.6 Å². The van der Waals surface area contributed by atoms with E-state index in [1.165, 1.54) is 27.6 Å². The van der Waals surface area contributed by atoms with Gasteiger partial charge in [-0.15, -0.1) is 0 Å². The molecule has 0 aliphatic carbocycles. The number of rotatable bonds is 2. The molecule has 0 spiro atoms. The highest BCUT2D eigenvalue weighted by Crippen LogP contribution is 2.42. The predicted molar refractivity (Wildman–Crippen MR) is 134 cm³/mol. The number of hydrogen-bond acceptors (Lipinski definition) is 1. The molecule has 0 bridgehead atoms. The highest BCUT2D eigenvalue weighted by Gasteiger charge is 2.18. The standard InChI is InChI=1S/C30H19NO/c1-3-9-19(10-4-1)21-17-24(20-11-5-2-6-12-20)28-26(18-21)31-25-16-15-23-22-13-7-8-14-27(22)32-30(23)29(25)28/h1-18,31H. The van der Waals surface area contributed by atoms with Crippen molar-refractivity contribution < 1.29 is 4.42 Å². The van der Waals surface area contributed by atoms with Crippen LogP contribution in [-0.4, -0.2) is 4.98 Å². The fourth-order valence-corrected chi connectivity index (χ4v) is 4.94. The highest BCUT2D eigenvalue weighted by molar-refractivity contribution is 6.26. The van der Waals surface area contributed by atoms with E-state index in [-0.39, 0.29) is 0 Å². The molecule has 2 nitrogen and oxygen atoms in total. The lowest BCUT2D eigenvalue weighted by atomic mass is 9.94. The average molecular weight is 409 g/mol. The van der Waals surface area contributed by atoms with Crippen LogP contribution in [0.1, 0.15) is 0 Å². The molecule has 0 fully saturated rings. The van der Waals surface area contributed by atoms with E-state index < -0.39 is 0 Å². The van der Waals surface area contributed by atoms with Crippen LogP contribution in [0.5, 0.6) is 0 Å². The Hall–Kier alpha value is -4.30. The second-order valence-electron chi connectivity index (χ2n) is 8.27. The van der Waals surface area contributed by atoms with Gasteiger partial charge >= 0.3 is 0 Å². The maximum Gasteiger partial charge on any atom is 0.145 e. The van der Waals surface area contributed by atoms with Crippen molar-refractivity contribution in [3.8, 4) is 22.3 Å². The van der Waals surface area contributed by atoms with Gasteiger partial charge in [0.1, 0.15) is 11.2 Å². The van der Waals surface area contributed by atoms with Gasteiger partial charge in [-0.2, -0.15) is 0 Å². The van der Waals surface area contributed by atoms with E-state index in [0.717, 1.165) is 38.4 Å². The summed E-state index contributed by atoms with van der Waals surface area (Å²) in [6.07, 6.45) is 0. The molecule has 0 amide bonds. The minimum atomic E-state index is 0.923. The van der Waals surface area contributed by atoms with Gasteiger partial charge in [-0.3, -0.25) is 0 Å². The van der Waals surface area contributed by atoms with E-state index in [0.29, 0.717) is 0 Å². The van der Waals surface area contributed by atoms with Gasteiger partial charge in [0.05, 0.1) is 10.9 Å². The fourth-order valence-electron chi connectivity index (χ4n) is 4.94. The largest absolute Gasteiger partial charge is 0.455 e. The Kier molecular flexibility index (Phi) is 3.58. The molecule has 0 radical (unpaired) electrons. The summed E-state index contributed by atoms with van der Waals surface area (Å²) >= 11 is 0. The van der Waals surface area contributed by atoms with Gasteiger partial charge in [-0.1, -0.05) is 78.9 Å². The van der Waals surface area contributed by atoms with E-state index in [1.54, 1.807) is 0 Å². The van der Waals surface area contributed by atoms with Gasteiger partial charge in [0.25, 0.3) is 0 Å². The molecule has 1 N–H and O–H groups in total. The van der Waals surface area contributed by atoms with Crippen LogP contribution in [-0.2, 0) is 0 Å². The van der Waals surface area contributed by atoms with Crippen LogP contribution in [0.25, 0.3) is 66.0 Å². The molecule has 0 aliphatic heterocycles. The lowest BCUT2D eigenvalue weighted by Crippen LogP contribution is -1.84. The Morgan fingerprint density at radius 3 is 2.03 bits per heavy atom. The summed E-state index contributed by atoms with van der Waals surface area (Å²) in [7, 11) is 0. The summed E-state index contributed by atoms with van der Waals surface area (Å²) in [5, 5.41) is 4.66. The number of fused-ring (bicyclic) bond motifs is 7. The maximum absolute atomic E-state index is 6.42. The van der Waals surface area contributed by atoms with Crippen LogP contribution in [0.3, 0.4) is 0 Å². The molecule has 5 aromatic carbocycles. The maximum atomic E-state index is 6.42. The van der Waals surface area contributed by atoms with Crippen molar-refractivity contribution in [3.63, 3.8) is 0 Å². The number of nitrogens with one attached hydrogen (secondary N) is 1. The monoisotopic (exact) mass is 409 g/mol. The lowest BCUT2D eigenvalue weighted by molar-refractivity contribution is 0.673. The predicted octanol–water partition coefficient (Wildman–Crippen LogP) is 8.55. The molecule has 0 saturated heterocycles. The summed E-state index contributed by atoms with van der Waals surface area (Å²) in [5.41, 5.74) is 8.89. The first-order valence-corrected chi connectivity index (χ1v) is 10.9. The number of para-hydroxylation sites is 1. The smallest absolute Gasteiger partial charge is 0.145 e. The van der Waals surface area contributed by atoms with Crippen molar-refractivity contribution >= 4 is 43.7 Å². The SMILES string of the molecule is c1ccc(-c2cc(-c3ccccc3)c3c(c2)[nH]c2ccc4c5ccccc5oc4c23)cc1. The van der Waals surface area contributed by atoms with E-state index in [9.17, 15) is 0 Å². The molecule has 0 saturated carbocycles. The van der Waals surface area contributed by atoms with Crippen LogP contribution in [0.15, 0.2) is 114 Å². The minimum Gasteiger partial charge on any atom is -0.455 e. The average Bonchev–Trinajstić information content (AvgIpc) is 3.42. The summed E-state index contributed by atoms with van der Waals surface area (Å²) in [6, 6.07) is 38.4. The van der Waals surface area contributed by atoms with Gasteiger partial charge < -0.3 is 9.40 Å².